The molecule has 0 radical (unpaired) electrons. The number of carbonyl (C=O) groups is 1. The van der Waals surface area contributed by atoms with Gasteiger partial charge in [0, 0.05) is 22.7 Å². The van der Waals surface area contributed by atoms with E-state index in [1.54, 1.807) is 6.08 Å². The van der Waals surface area contributed by atoms with Gasteiger partial charge in [0.05, 0.1) is 0 Å². The Hall–Kier alpha value is -4.29. The first-order chi connectivity index (χ1) is 16.2. The standard InChI is InChI=1S/C27H19N3O2S/c31-24(16-13-18-7-2-1-3-8-18)29-27(33)28-21-11-6-10-20(17-21)26-30-25-22-12-5-4-9-19(22)14-15-23(25)32-26/h1-17H,(H2,28,29,31,33). The molecule has 6 heteroatoms. The third kappa shape index (κ3) is 4.66. The van der Waals surface area contributed by atoms with E-state index in [0.29, 0.717) is 5.89 Å². The number of fused-ring (bicyclic) bond motifs is 3. The van der Waals surface area contributed by atoms with Gasteiger partial charge in [-0.1, -0.05) is 66.7 Å². The fourth-order valence-electron chi connectivity index (χ4n) is 3.57. The molecule has 1 amide bonds. The summed E-state index contributed by atoms with van der Waals surface area (Å²) in [5, 5.41) is 8.06. The van der Waals surface area contributed by atoms with E-state index in [1.165, 1.54) is 6.08 Å². The molecule has 2 N–H and O–H groups in total. The first kappa shape index (κ1) is 20.6. The van der Waals surface area contributed by atoms with Gasteiger partial charge in [0.15, 0.2) is 10.7 Å². The molecule has 0 unspecified atom stereocenters. The number of hydrogen-bond acceptors (Lipinski definition) is 4. The van der Waals surface area contributed by atoms with Crippen molar-refractivity contribution in [3.05, 3.63) is 103 Å². The lowest BCUT2D eigenvalue weighted by Gasteiger charge is -2.08. The Kier molecular flexibility index (Phi) is 5.66. The summed E-state index contributed by atoms with van der Waals surface area (Å²) in [7, 11) is 0. The molecule has 0 aliphatic heterocycles. The van der Waals surface area contributed by atoms with Gasteiger partial charge in [-0.15, -0.1) is 0 Å². The van der Waals surface area contributed by atoms with Gasteiger partial charge in [0.1, 0.15) is 5.52 Å². The monoisotopic (exact) mass is 449 g/mol. The highest BCUT2D eigenvalue weighted by Gasteiger charge is 2.12. The van der Waals surface area contributed by atoms with Crippen LogP contribution in [-0.4, -0.2) is 16.0 Å². The predicted octanol–water partition coefficient (Wildman–Crippen LogP) is 6.17. The number of benzene rings is 4. The van der Waals surface area contributed by atoms with Crippen LogP contribution in [0, 0.1) is 0 Å². The molecule has 5 aromatic rings. The largest absolute Gasteiger partial charge is 0.436 e. The van der Waals surface area contributed by atoms with Gasteiger partial charge in [-0.2, -0.15) is 0 Å². The van der Waals surface area contributed by atoms with Gasteiger partial charge in [0.2, 0.25) is 11.8 Å². The Balaban J connectivity index is 1.31. The molecule has 33 heavy (non-hydrogen) atoms. The Morgan fingerprint density at radius 3 is 2.61 bits per heavy atom. The van der Waals surface area contributed by atoms with Crippen LogP contribution in [0.3, 0.4) is 0 Å². The van der Waals surface area contributed by atoms with Crippen molar-refractivity contribution in [3.63, 3.8) is 0 Å². The van der Waals surface area contributed by atoms with Crippen LogP contribution < -0.4 is 10.6 Å². The lowest BCUT2D eigenvalue weighted by atomic mass is 10.1. The third-order valence-corrected chi connectivity index (χ3v) is 5.32. The Morgan fingerprint density at radius 1 is 0.909 bits per heavy atom. The minimum absolute atomic E-state index is 0.207. The molecule has 0 bridgehead atoms. The fraction of sp³-hybridized carbons (Fsp3) is 0. The zero-order chi connectivity index (χ0) is 22.6. The van der Waals surface area contributed by atoms with Crippen molar-refractivity contribution in [1.29, 1.82) is 0 Å². The number of anilines is 1. The molecule has 0 aliphatic carbocycles. The van der Waals surface area contributed by atoms with Crippen molar-refractivity contribution >= 4 is 56.9 Å². The smallest absolute Gasteiger partial charge is 0.250 e. The van der Waals surface area contributed by atoms with Crippen LogP contribution in [0.15, 0.2) is 101 Å². The van der Waals surface area contributed by atoms with Gasteiger partial charge in [0.25, 0.3) is 0 Å². The molecule has 0 spiro atoms. The molecule has 1 heterocycles. The summed E-state index contributed by atoms with van der Waals surface area (Å²) in [5.74, 6) is 0.212. The molecule has 160 valence electrons. The number of thiocarbonyl (C=S) groups is 1. The lowest BCUT2D eigenvalue weighted by molar-refractivity contribution is -0.115. The molecule has 4 aromatic carbocycles. The summed E-state index contributed by atoms with van der Waals surface area (Å²) in [4.78, 5) is 16.9. The van der Waals surface area contributed by atoms with Gasteiger partial charge >= 0.3 is 0 Å². The average Bonchev–Trinajstić information content (AvgIpc) is 3.29. The zero-order valence-electron chi connectivity index (χ0n) is 17.5. The number of aromatic nitrogens is 1. The van der Waals surface area contributed by atoms with Crippen LogP contribution >= 0.6 is 12.2 Å². The summed E-state index contributed by atoms with van der Waals surface area (Å²) < 4.78 is 6.01. The van der Waals surface area contributed by atoms with Gasteiger partial charge in [-0.05, 0) is 53.5 Å². The highest BCUT2D eigenvalue weighted by molar-refractivity contribution is 7.80. The van der Waals surface area contributed by atoms with E-state index in [0.717, 1.165) is 38.7 Å². The summed E-state index contributed by atoms with van der Waals surface area (Å²) >= 11 is 5.29. The number of hydrogen-bond donors (Lipinski definition) is 2. The number of carbonyl (C=O) groups excluding carboxylic acids is 1. The minimum Gasteiger partial charge on any atom is -0.436 e. The van der Waals surface area contributed by atoms with Crippen molar-refractivity contribution in [3.8, 4) is 11.5 Å². The molecule has 5 rings (SSSR count). The highest BCUT2D eigenvalue weighted by Crippen LogP contribution is 2.30. The van der Waals surface area contributed by atoms with E-state index >= 15 is 0 Å². The topological polar surface area (TPSA) is 67.2 Å². The van der Waals surface area contributed by atoms with Crippen LogP contribution in [0.1, 0.15) is 5.56 Å². The predicted molar refractivity (Wildman–Crippen MR) is 137 cm³/mol. The van der Waals surface area contributed by atoms with E-state index < -0.39 is 0 Å². The molecule has 0 atom stereocenters. The average molecular weight is 450 g/mol. The normalized spacial score (nSPS) is 11.2. The molecular weight excluding hydrogens is 430 g/mol. The number of amides is 1. The molecule has 0 aliphatic rings. The van der Waals surface area contributed by atoms with E-state index in [1.807, 2.05) is 84.9 Å². The van der Waals surface area contributed by atoms with Crippen molar-refractivity contribution in [1.82, 2.24) is 10.3 Å². The van der Waals surface area contributed by atoms with Crippen LogP contribution in [0.5, 0.6) is 0 Å². The van der Waals surface area contributed by atoms with Gasteiger partial charge in [-0.25, -0.2) is 4.98 Å². The van der Waals surface area contributed by atoms with E-state index in [2.05, 4.69) is 16.7 Å². The summed E-state index contributed by atoms with van der Waals surface area (Å²) in [5.41, 5.74) is 4.02. The quantitative estimate of drug-likeness (QED) is 0.254. The fourth-order valence-corrected chi connectivity index (χ4v) is 3.79. The first-order valence-electron chi connectivity index (χ1n) is 10.4. The maximum absolute atomic E-state index is 12.2. The second-order valence-electron chi connectivity index (χ2n) is 7.42. The summed E-state index contributed by atoms with van der Waals surface area (Å²) in [6, 6.07) is 29.2. The van der Waals surface area contributed by atoms with Crippen LogP contribution in [-0.2, 0) is 4.79 Å². The Bertz CT molecular complexity index is 1510. The van der Waals surface area contributed by atoms with Crippen molar-refractivity contribution in [2.45, 2.75) is 0 Å². The molecule has 5 nitrogen and oxygen atoms in total. The summed E-state index contributed by atoms with van der Waals surface area (Å²) in [6.45, 7) is 0. The molecule has 0 fully saturated rings. The maximum Gasteiger partial charge on any atom is 0.250 e. The SMILES string of the molecule is O=C(C=Cc1ccccc1)NC(=S)Nc1cccc(-c2nc3c(ccc4ccccc43)o2)c1. The molecular formula is C27H19N3O2S. The summed E-state index contributed by atoms with van der Waals surface area (Å²) in [6.07, 6.45) is 3.18. The Morgan fingerprint density at radius 2 is 1.73 bits per heavy atom. The first-order valence-corrected chi connectivity index (χ1v) is 10.8. The number of nitrogens with zero attached hydrogens (tertiary/aromatic N) is 1. The van der Waals surface area contributed by atoms with Crippen LogP contribution in [0.2, 0.25) is 0 Å². The van der Waals surface area contributed by atoms with Crippen LogP contribution in [0.25, 0.3) is 39.4 Å². The van der Waals surface area contributed by atoms with E-state index in [-0.39, 0.29) is 11.0 Å². The number of nitrogens with one attached hydrogen (secondary N) is 2. The maximum atomic E-state index is 12.2. The minimum atomic E-state index is -0.307. The number of rotatable bonds is 4. The zero-order valence-corrected chi connectivity index (χ0v) is 18.3. The third-order valence-electron chi connectivity index (χ3n) is 5.11. The highest BCUT2D eigenvalue weighted by atomic mass is 32.1. The van der Waals surface area contributed by atoms with E-state index in [9.17, 15) is 4.79 Å². The van der Waals surface area contributed by atoms with Crippen molar-refractivity contribution in [2.24, 2.45) is 0 Å². The van der Waals surface area contributed by atoms with E-state index in [4.69, 9.17) is 21.6 Å². The van der Waals surface area contributed by atoms with Crippen LogP contribution in [0.4, 0.5) is 5.69 Å². The van der Waals surface area contributed by atoms with Crippen molar-refractivity contribution in [2.75, 3.05) is 5.32 Å². The Labute approximate surface area is 195 Å². The second-order valence-corrected chi connectivity index (χ2v) is 7.83. The lowest BCUT2D eigenvalue weighted by Crippen LogP contribution is -2.32. The van der Waals surface area contributed by atoms with Gasteiger partial charge < -0.3 is 9.73 Å². The molecule has 0 saturated carbocycles. The number of oxazole rings is 1. The van der Waals surface area contributed by atoms with Gasteiger partial charge in [-0.3, -0.25) is 10.1 Å². The second kappa shape index (κ2) is 9.06. The molecule has 0 saturated heterocycles. The van der Waals surface area contributed by atoms with Crippen molar-refractivity contribution < 1.29 is 9.21 Å². The molecule has 1 aromatic heterocycles.